The van der Waals surface area contributed by atoms with Gasteiger partial charge in [0.2, 0.25) is 11.8 Å². The summed E-state index contributed by atoms with van der Waals surface area (Å²) in [6.45, 7) is 5.33. The first-order valence-electron chi connectivity index (χ1n) is 15.0. The average Bonchev–Trinajstić information content (AvgIpc) is 3.53. The third-order valence-electron chi connectivity index (χ3n) is 8.23. The van der Waals surface area contributed by atoms with Crippen LogP contribution in [-0.2, 0) is 26.2 Å². The lowest BCUT2D eigenvalue weighted by molar-refractivity contribution is -0.140. The number of aryl methyl sites for hydroxylation is 2. The number of benzene rings is 3. The summed E-state index contributed by atoms with van der Waals surface area (Å²) in [5.74, 6) is 0.0271. The molecule has 9 nitrogen and oxygen atoms in total. The fourth-order valence-electron chi connectivity index (χ4n) is 5.60. The molecular formula is C34H43N3O6S. The van der Waals surface area contributed by atoms with Gasteiger partial charge in [-0.05, 0) is 68.5 Å². The van der Waals surface area contributed by atoms with Crippen molar-refractivity contribution in [3.05, 3.63) is 83.4 Å². The van der Waals surface area contributed by atoms with E-state index >= 15 is 0 Å². The van der Waals surface area contributed by atoms with Crippen LogP contribution >= 0.6 is 0 Å². The maximum absolute atomic E-state index is 14.4. The molecule has 3 aromatic rings. The molecule has 0 aromatic heterocycles. The Labute approximate surface area is 261 Å². The van der Waals surface area contributed by atoms with Crippen molar-refractivity contribution in [3.8, 4) is 11.5 Å². The highest BCUT2D eigenvalue weighted by Gasteiger charge is 2.35. The smallest absolute Gasteiger partial charge is 0.264 e. The van der Waals surface area contributed by atoms with Crippen LogP contribution in [0.1, 0.15) is 55.7 Å². The Bertz CT molecular complexity index is 1550. The van der Waals surface area contributed by atoms with Crippen LogP contribution in [0.4, 0.5) is 5.69 Å². The van der Waals surface area contributed by atoms with Crippen molar-refractivity contribution in [2.75, 3.05) is 25.1 Å². The van der Waals surface area contributed by atoms with E-state index in [-0.39, 0.29) is 29.1 Å². The number of nitrogens with one attached hydrogen (secondary N) is 1. The molecule has 0 radical (unpaired) electrons. The summed E-state index contributed by atoms with van der Waals surface area (Å²) in [6, 6.07) is 18.2. The van der Waals surface area contributed by atoms with Crippen LogP contribution in [0.5, 0.6) is 11.5 Å². The molecule has 1 aliphatic rings. The van der Waals surface area contributed by atoms with Gasteiger partial charge in [0.05, 0.1) is 24.8 Å². The van der Waals surface area contributed by atoms with Gasteiger partial charge >= 0.3 is 0 Å². The second kappa shape index (κ2) is 14.6. The number of rotatable bonds is 13. The minimum Gasteiger partial charge on any atom is -0.493 e. The summed E-state index contributed by atoms with van der Waals surface area (Å²) < 4.78 is 40.3. The van der Waals surface area contributed by atoms with Gasteiger partial charge in [-0.3, -0.25) is 13.9 Å². The SMILES string of the molecule is CC[C@H](C(=O)NC1CCCC1)N(Cc1ccccc1C)C(=O)CN(c1ccc(OC)c(OC)c1)S(=O)(=O)c1ccc(C)cc1. The van der Waals surface area contributed by atoms with Gasteiger partial charge in [0.15, 0.2) is 11.5 Å². The van der Waals surface area contributed by atoms with E-state index in [1.807, 2.05) is 45.0 Å². The molecule has 0 bridgehead atoms. The molecule has 1 fully saturated rings. The summed E-state index contributed by atoms with van der Waals surface area (Å²) in [4.78, 5) is 29.6. The number of sulfonamides is 1. The second-order valence-electron chi connectivity index (χ2n) is 11.2. The van der Waals surface area contributed by atoms with Gasteiger partial charge in [-0.1, -0.05) is 61.7 Å². The molecule has 1 N–H and O–H groups in total. The number of carbonyl (C=O) groups is 2. The first-order chi connectivity index (χ1) is 21.1. The Kier molecular flexibility index (Phi) is 10.9. The van der Waals surface area contributed by atoms with Crippen LogP contribution < -0.4 is 19.1 Å². The zero-order valence-corrected chi connectivity index (χ0v) is 27.0. The minimum absolute atomic E-state index is 0.0437. The van der Waals surface area contributed by atoms with E-state index in [1.165, 1.54) is 37.3 Å². The third kappa shape index (κ3) is 7.53. The number of hydrogen-bond acceptors (Lipinski definition) is 6. The third-order valence-corrected chi connectivity index (χ3v) is 10.0. The molecule has 10 heteroatoms. The van der Waals surface area contributed by atoms with Crippen LogP contribution in [0, 0.1) is 13.8 Å². The number of ether oxygens (including phenoxy) is 2. The van der Waals surface area contributed by atoms with Crippen molar-refractivity contribution in [1.29, 1.82) is 0 Å². The molecule has 3 aromatic carbocycles. The number of hydrogen-bond donors (Lipinski definition) is 1. The highest BCUT2D eigenvalue weighted by Crippen LogP contribution is 2.34. The standard InChI is InChI=1S/C34H43N3O6S/c1-6-30(34(39)35-27-13-9-10-14-27)36(22-26-12-8-7-11-25(26)3)33(38)23-37(28-17-20-31(42-4)32(21-28)43-5)44(40,41)29-18-15-24(2)16-19-29/h7-8,11-12,15-21,27,30H,6,9-10,13-14,22-23H2,1-5H3,(H,35,39)/t30-/m1/s1. The van der Waals surface area contributed by atoms with E-state index in [0.717, 1.165) is 46.7 Å². The number of anilines is 1. The number of amides is 2. The fraction of sp³-hybridized carbons (Fsp3) is 0.412. The van der Waals surface area contributed by atoms with E-state index in [1.54, 1.807) is 24.3 Å². The van der Waals surface area contributed by atoms with Crippen molar-refractivity contribution >= 4 is 27.5 Å². The molecular weight excluding hydrogens is 578 g/mol. The Morgan fingerprint density at radius 1 is 0.932 bits per heavy atom. The molecule has 1 aliphatic carbocycles. The summed E-state index contributed by atoms with van der Waals surface area (Å²) in [6.07, 6.45) is 4.32. The molecule has 0 saturated heterocycles. The van der Waals surface area contributed by atoms with Gasteiger partial charge in [-0.15, -0.1) is 0 Å². The zero-order valence-electron chi connectivity index (χ0n) is 26.2. The topological polar surface area (TPSA) is 105 Å². The Balaban J connectivity index is 1.76. The maximum atomic E-state index is 14.4. The van der Waals surface area contributed by atoms with E-state index in [2.05, 4.69) is 5.32 Å². The highest BCUT2D eigenvalue weighted by atomic mass is 32.2. The largest absolute Gasteiger partial charge is 0.493 e. The van der Waals surface area contributed by atoms with Crippen LogP contribution in [0.15, 0.2) is 71.6 Å². The first-order valence-corrected chi connectivity index (χ1v) is 16.5. The van der Waals surface area contributed by atoms with Gasteiger partial charge in [-0.25, -0.2) is 8.42 Å². The Morgan fingerprint density at radius 3 is 2.20 bits per heavy atom. The number of nitrogens with zero attached hydrogens (tertiary/aromatic N) is 2. The molecule has 1 saturated carbocycles. The monoisotopic (exact) mass is 621 g/mol. The van der Waals surface area contributed by atoms with Gasteiger partial charge in [0.1, 0.15) is 12.6 Å². The van der Waals surface area contributed by atoms with E-state index in [0.29, 0.717) is 17.9 Å². The number of methoxy groups -OCH3 is 2. The Morgan fingerprint density at radius 2 is 1.59 bits per heavy atom. The average molecular weight is 622 g/mol. The Hall–Kier alpha value is -4.05. The molecule has 0 aliphatic heterocycles. The van der Waals surface area contributed by atoms with Gasteiger partial charge in [0, 0.05) is 18.7 Å². The molecule has 4 rings (SSSR count). The molecule has 44 heavy (non-hydrogen) atoms. The van der Waals surface area contributed by atoms with Crippen molar-refractivity contribution in [1.82, 2.24) is 10.2 Å². The van der Waals surface area contributed by atoms with Crippen molar-refractivity contribution in [2.45, 2.75) is 76.4 Å². The van der Waals surface area contributed by atoms with Crippen molar-refractivity contribution < 1.29 is 27.5 Å². The normalized spacial score (nSPS) is 14.1. The quantitative estimate of drug-likeness (QED) is 0.275. The molecule has 0 spiro atoms. The van der Waals surface area contributed by atoms with Crippen molar-refractivity contribution in [2.24, 2.45) is 0 Å². The van der Waals surface area contributed by atoms with Gasteiger partial charge < -0.3 is 19.7 Å². The fourth-order valence-corrected chi connectivity index (χ4v) is 7.01. The van der Waals surface area contributed by atoms with Crippen LogP contribution in [-0.4, -0.2) is 58.0 Å². The van der Waals surface area contributed by atoms with Crippen LogP contribution in [0.2, 0.25) is 0 Å². The number of carbonyl (C=O) groups excluding carboxylic acids is 2. The molecule has 0 heterocycles. The lowest BCUT2D eigenvalue weighted by Crippen LogP contribution is -2.53. The minimum atomic E-state index is -4.21. The van der Waals surface area contributed by atoms with E-state index in [4.69, 9.17) is 9.47 Å². The molecule has 0 unspecified atom stereocenters. The summed E-state index contributed by atoms with van der Waals surface area (Å²) in [5, 5.41) is 3.14. The van der Waals surface area contributed by atoms with E-state index in [9.17, 15) is 18.0 Å². The predicted molar refractivity (Wildman–Crippen MR) is 171 cm³/mol. The lowest BCUT2D eigenvalue weighted by atomic mass is 10.1. The zero-order chi connectivity index (χ0) is 31.9. The maximum Gasteiger partial charge on any atom is 0.264 e. The predicted octanol–water partition coefficient (Wildman–Crippen LogP) is 5.38. The lowest BCUT2D eigenvalue weighted by Gasteiger charge is -2.34. The second-order valence-corrected chi connectivity index (χ2v) is 13.1. The summed E-state index contributed by atoms with van der Waals surface area (Å²) >= 11 is 0. The van der Waals surface area contributed by atoms with E-state index < -0.39 is 28.5 Å². The summed E-state index contributed by atoms with van der Waals surface area (Å²) in [7, 11) is -1.25. The van der Waals surface area contributed by atoms with Crippen LogP contribution in [0.3, 0.4) is 0 Å². The van der Waals surface area contributed by atoms with Gasteiger partial charge in [-0.2, -0.15) is 0 Å². The molecule has 236 valence electrons. The molecule has 1 atom stereocenters. The first kappa shape index (κ1) is 32.9. The molecule has 2 amide bonds. The highest BCUT2D eigenvalue weighted by molar-refractivity contribution is 7.92. The van der Waals surface area contributed by atoms with Crippen LogP contribution in [0.25, 0.3) is 0 Å². The van der Waals surface area contributed by atoms with Crippen molar-refractivity contribution in [3.63, 3.8) is 0 Å². The van der Waals surface area contributed by atoms with Gasteiger partial charge in [0.25, 0.3) is 10.0 Å². The summed E-state index contributed by atoms with van der Waals surface area (Å²) in [5.41, 5.74) is 2.99.